The van der Waals surface area contributed by atoms with Crippen LogP contribution in [0.25, 0.3) is 0 Å². The van der Waals surface area contributed by atoms with Crippen LogP contribution in [0.2, 0.25) is 0 Å². The average Bonchev–Trinajstić information content (AvgIpc) is 2.41. The fourth-order valence-electron chi connectivity index (χ4n) is 1.67. The number of nitrogens with one attached hydrogen (secondary N) is 2. The maximum atomic E-state index is 11.4. The van der Waals surface area contributed by atoms with Crippen LogP contribution in [-0.4, -0.2) is 33.2 Å². The molecule has 1 amide bonds. The molecule has 0 aliphatic heterocycles. The Morgan fingerprint density at radius 2 is 1.88 bits per heavy atom. The highest BCUT2D eigenvalue weighted by molar-refractivity contribution is 7.89. The zero-order valence-electron chi connectivity index (χ0n) is 14.0. The van der Waals surface area contributed by atoms with Gasteiger partial charge in [-0.1, -0.05) is 12.2 Å². The van der Waals surface area contributed by atoms with E-state index < -0.39 is 21.7 Å². The van der Waals surface area contributed by atoms with E-state index in [4.69, 9.17) is 15.6 Å². The third kappa shape index (κ3) is 7.34. The molecule has 0 heterocycles. The van der Waals surface area contributed by atoms with Gasteiger partial charge in [0.1, 0.15) is 5.60 Å². The number of amides is 1. The molecule has 0 unspecified atom stereocenters. The molecule has 0 saturated carbocycles. The zero-order chi connectivity index (χ0) is 18.4. The summed E-state index contributed by atoms with van der Waals surface area (Å²) >= 11 is 0. The molecule has 0 radical (unpaired) electrons. The Labute approximate surface area is 142 Å². The van der Waals surface area contributed by atoms with E-state index in [0.717, 1.165) is 0 Å². The fraction of sp³-hybridized carbons (Fsp3) is 0.400. The highest BCUT2D eigenvalue weighted by Crippen LogP contribution is 2.21. The second-order valence-electron chi connectivity index (χ2n) is 6.03. The minimum atomic E-state index is -3.77. The van der Waals surface area contributed by atoms with Gasteiger partial charge in [0, 0.05) is 13.1 Å². The van der Waals surface area contributed by atoms with E-state index in [2.05, 4.69) is 10.6 Å². The Morgan fingerprint density at radius 1 is 1.25 bits per heavy atom. The van der Waals surface area contributed by atoms with Crippen molar-refractivity contribution in [2.24, 2.45) is 5.14 Å². The monoisotopic (exact) mass is 356 g/mol. The summed E-state index contributed by atoms with van der Waals surface area (Å²) < 4.78 is 27.5. The predicted octanol–water partition coefficient (Wildman–Crippen LogP) is 1.41. The summed E-state index contributed by atoms with van der Waals surface area (Å²) in [5.74, 6) is 0. The summed E-state index contributed by atoms with van der Waals surface area (Å²) in [6.07, 6.45) is 3.07. The van der Waals surface area contributed by atoms with Gasteiger partial charge in [-0.2, -0.15) is 0 Å². The largest absolute Gasteiger partial charge is 0.444 e. The zero-order valence-corrected chi connectivity index (χ0v) is 14.8. The Kier molecular flexibility index (Phi) is 6.61. The minimum absolute atomic E-state index is 0.0392. The highest BCUT2D eigenvalue weighted by Gasteiger charge is 2.15. The molecule has 24 heavy (non-hydrogen) atoms. The molecule has 9 heteroatoms. The van der Waals surface area contributed by atoms with Crippen LogP contribution in [0.4, 0.5) is 16.2 Å². The number of nitrogens with two attached hydrogens (primary N) is 2. The molecule has 0 fully saturated rings. The molecule has 1 aromatic rings. The van der Waals surface area contributed by atoms with Gasteiger partial charge < -0.3 is 21.1 Å². The molecule has 0 bridgehead atoms. The average molecular weight is 356 g/mol. The van der Waals surface area contributed by atoms with Crippen molar-refractivity contribution in [3.8, 4) is 0 Å². The maximum Gasteiger partial charge on any atom is 0.407 e. The second-order valence-corrected chi connectivity index (χ2v) is 7.59. The van der Waals surface area contributed by atoms with E-state index in [1.54, 1.807) is 39.0 Å². The van der Waals surface area contributed by atoms with Crippen molar-refractivity contribution in [2.45, 2.75) is 31.3 Å². The summed E-state index contributed by atoms with van der Waals surface area (Å²) in [6, 6.07) is 4.22. The van der Waals surface area contributed by atoms with Crippen LogP contribution in [0.3, 0.4) is 0 Å². The Hall–Kier alpha value is -2.26. The number of primary sulfonamides is 1. The second kappa shape index (κ2) is 8.02. The lowest BCUT2D eigenvalue weighted by molar-refractivity contribution is 0.0534. The minimum Gasteiger partial charge on any atom is -0.444 e. The number of hydrogen-bond donors (Lipinski definition) is 4. The van der Waals surface area contributed by atoms with E-state index in [9.17, 15) is 13.2 Å². The van der Waals surface area contributed by atoms with Crippen LogP contribution in [0.5, 0.6) is 0 Å². The smallest absolute Gasteiger partial charge is 0.407 e. The van der Waals surface area contributed by atoms with Crippen LogP contribution in [-0.2, 0) is 14.8 Å². The predicted molar refractivity (Wildman–Crippen MR) is 94.1 cm³/mol. The molecule has 0 atom stereocenters. The van der Waals surface area contributed by atoms with Gasteiger partial charge in [-0.25, -0.2) is 18.4 Å². The molecule has 0 aromatic heterocycles. The van der Waals surface area contributed by atoms with Gasteiger partial charge in [0.15, 0.2) is 0 Å². The van der Waals surface area contributed by atoms with Gasteiger partial charge in [-0.3, -0.25) is 0 Å². The first-order valence-corrected chi connectivity index (χ1v) is 8.82. The molecule has 0 spiro atoms. The first-order chi connectivity index (χ1) is 11.0. The number of carbonyl (C=O) groups excluding carboxylic acids is 1. The summed E-state index contributed by atoms with van der Waals surface area (Å²) in [4.78, 5) is 11.4. The van der Waals surface area contributed by atoms with E-state index in [0.29, 0.717) is 18.8 Å². The lowest BCUT2D eigenvalue weighted by Crippen LogP contribution is -2.32. The SMILES string of the molecule is CC(C)(C)OC(=O)NC/C=C/CNc1ccc(S(N)(=O)=O)cc1N. The van der Waals surface area contributed by atoms with Crippen LogP contribution < -0.4 is 21.5 Å². The normalized spacial score (nSPS) is 12.2. The van der Waals surface area contributed by atoms with Crippen molar-refractivity contribution in [3.63, 3.8) is 0 Å². The van der Waals surface area contributed by atoms with Crippen molar-refractivity contribution >= 4 is 27.5 Å². The Balaban J connectivity index is 2.41. The third-order valence-electron chi connectivity index (χ3n) is 2.69. The van der Waals surface area contributed by atoms with Gasteiger partial charge >= 0.3 is 6.09 Å². The van der Waals surface area contributed by atoms with Gasteiger partial charge in [0.25, 0.3) is 0 Å². The first-order valence-electron chi connectivity index (χ1n) is 7.27. The molecular formula is C15H24N4O4S. The molecule has 6 N–H and O–H groups in total. The molecule has 1 aromatic carbocycles. The highest BCUT2D eigenvalue weighted by atomic mass is 32.2. The summed E-state index contributed by atoms with van der Waals surface area (Å²) in [6.45, 7) is 6.15. The van der Waals surface area contributed by atoms with Gasteiger partial charge in [-0.05, 0) is 39.0 Å². The molecular weight excluding hydrogens is 332 g/mol. The number of rotatable bonds is 6. The van der Waals surface area contributed by atoms with Gasteiger partial charge in [-0.15, -0.1) is 0 Å². The van der Waals surface area contributed by atoms with E-state index >= 15 is 0 Å². The van der Waals surface area contributed by atoms with E-state index in [1.807, 2.05) is 0 Å². The summed E-state index contributed by atoms with van der Waals surface area (Å²) in [5, 5.41) is 10.7. The number of ether oxygens (including phenoxy) is 1. The number of alkyl carbamates (subject to hydrolysis) is 1. The van der Waals surface area contributed by atoms with Crippen molar-refractivity contribution < 1.29 is 17.9 Å². The topological polar surface area (TPSA) is 137 Å². The summed E-state index contributed by atoms with van der Waals surface area (Å²) in [5.41, 5.74) is 6.11. The number of anilines is 2. The molecule has 0 aliphatic carbocycles. The van der Waals surface area contributed by atoms with Crippen LogP contribution in [0, 0.1) is 0 Å². The molecule has 0 aliphatic rings. The van der Waals surface area contributed by atoms with Crippen molar-refractivity contribution in [3.05, 3.63) is 30.4 Å². The quantitative estimate of drug-likeness (QED) is 0.449. The van der Waals surface area contributed by atoms with Crippen molar-refractivity contribution in [1.29, 1.82) is 0 Å². The standard InChI is InChI=1S/C15H24N4O4S/c1-15(2,3)23-14(20)19-9-5-4-8-18-13-7-6-11(10-12(13)16)24(17,21)22/h4-7,10,18H,8-9,16H2,1-3H3,(H,19,20)(H2,17,21,22)/b5-4+. The first kappa shape index (κ1) is 19.8. The van der Waals surface area contributed by atoms with Crippen LogP contribution in [0.1, 0.15) is 20.8 Å². The summed E-state index contributed by atoms with van der Waals surface area (Å²) in [7, 11) is -3.77. The molecule has 1 rings (SSSR count). The Morgan fingerprint density at radius 3 is 2.42 bits per heavy atom. The third-order valence-corrected chi connectivity index (χ3v) is 3.60. The lowest BCUT2D eigenvalue weighted by atomic mass is 10.2. The Bertz CT molecular complexity index is 709. The van der Waals surface area contributed by atoms with Crippen molar-refractivity contribution in [2.75, 3.05) is 24.1 Å². The number of hydrogen-bond acceptors (Lipinski definition) is 6. The fourth-order valence-corrected chi connectivity index (χ4v) is 2.22. The van der Waals surface area contributed by atoms with Gasteiger partial charge in [0.2, 0.25) is 10.0 Å². The number of carbonyl (C=O) groups is 1. The van der Waals surface area contributed by atoms with Gasteiger partial charge in [0.05, 0.1) is 16.3 Å². The lowest BCUT2D eigenvalue weighted by Gasteiger charge is -2.19. The molecule has 134 valence electrons. The number of sulfonamides is 1. The van der Waals surface area contributed by atoms with Crippen LogP contribution >= 0.6 is 0 Å². The maximum absolute atomic E-state index is 11.4. The van der Waals surface area contributed by atoms with E-state index in [1.165, 1.54) is 12.1 Å². The number of benzene rings is 1. The number of nitrogen functional groups attached to an aromatic ring is 1. The van der Waals surface area contributed by atoms with E-state index in [-0.39, 0.29) is 10.6 Å². The molecule has 0 saturated heterocycles. The van der Waals surface area contributed by atoms with Crippen molar-refractivity contribution in [1.82, 2.24) is 5.32 Å². The molecule has 8 nitrogen and oxygen atoms in total. The van der Waals surface area contributed by atoms with Crippen LogP contribution in [0.15, 0.2) is 35.2 Å².